The molecule has 2 aromatic rings. The lowest BCUT2D eigenvalue weighted by Gasteiger charge is -2.01. The third kappa shape index (κ3) is 1.38. The highest BCUT2D eigenvalue weighted by Crippen LogP contribution is 2.16. The molecule has 0 aliphatic rings. The molecule has 5 nitrogen and oxygen atoms in total. The lowest BCUT2D eigenvalue weighted by molar-refractivity contribution is 0.100. The van der Waals surface area contributed by atoms with E-state index in [4.69, 9.17) is 5.73 Å². The van der Waals surface area contributed by atoms with Crippen molar-refractivity contribution < 1.29 is 9.32 Å². The van der Waals surface area contributed by atoms with Gasteiger partial charge in [-0.25, -0.2) is 4.79 Å². The van der Waals surface area contributed by atoms with Crippen LogP contribution in [0.3, 0.4) is 0 Å². The summed E-state index contributed by atoms with van der Waals surface area (Å²) in [5, 5.41) is 4.24. The molecule has 15 heavy (non-hydrogen) atoms. The van der Waals surface area contributed by atoms with Crippen molar-refractivity contribution >= 4 is 16.7 Å². The van der Waals surface area contributed by atoms with Gasteiger partial charge in [0.2, 0.25) is 5.91 Å². The molecule has 0 saturated carbocycles. The maximum absolute atomic E-state index is 11.4. The van der Waals surface area contributed by atoms with E-state index in [-0.39, 0.29) is 10.9 Å². The van der Waals surface area contributed by atoms with E-state index < -0.39 is 11.5 Å². The van der Waals surface area contributed by atoms with Gasteiger partial charge in [0.25, 0.3) is 0 Å². The standard InChI is InChI=1S/C10H7N2O3/c1-5-6-3-2-4-7(9(11)13)8(6)10(14)15-12-5/h3-4H,1H3,(H2,11,13). The lowest BCUT2D eigenvalue weighted by Crippen LogP contribution is -2.15. The molecule has 0 spiro atoms. The number of amides is 1. The summed E-state index contributed by atoms with van der Waals surface area (Å²) in [5.41, 5.74) is 5.09. The molecule has 0 atom stereocenters. The van der Waals surface area contributed by atoms with E-state index >= 15 is 0 Å². The van der Waals surface area contributed by atoms with E-state index in [9.17, 15) is 9.59 Å². The van der Waals surface area contributed by atoms with Gasteiger partial charge in [-0.2, -0.15) is 0 Å². The van der Waals surface area contributed by atoms with Gasteiger partial charge >= 0.3 is 5.63 Å². The van der Waals surface area contributed by atoms with Crippen LogP contribution in [-0.4, -0.2) is 11.1 Å². The molecule has 0 saturated heterocycles. The first kappa shape index (κ1) is 9.39. The number of aryl methyl sites for hydroxylation is 1. The molecular formula is C10H7N2O3. The molecule has 0 fully saturated rings. The summed E-state index contributed by atoms with van der Waals surface area (Å²) in [7, 11) is 0. The SMILES string of the molecule is Cc1noc(=O)c2c(C(N)=O)c[c]cc12. The number of rotatable bonds is 1. The molecule has 1 amide bonds. The molecule has 75 valence electrons. The third-order valence-electron chi connectivity index (χ3n) is 2.12. The number of nitrogens with two attached hydrogens (primary N) is 1. The van der Waals surface area contributed by atoms with Gasteiger partial charge in [0.05, 0.1) is 16.6 Å². The summed E-state index contributed by atoms with van der Waals surface area (Å²) in [6.45, 7) is 1.67. The number of aromatic nitrogens is 1. The molecule has 5 heteroatoms. The fourth-order valence-electron chi connectivity index (χ4n) is 1.40. The van der Waals surface area contributed by atoms with Crippen LogP contribution in [0.2, 0.25) is 0 Å². The highest BCUT2D eigenvalue weighted by Gasteiger charge is 2.12. The van der Waals surface area contributed by atoms with Crippen LogP contribution in [0, 0.1) is 13.0 Å². The zero-order chi connectivity index (χ0) is 11.0. The Morgan fingerprint density at radius 2 is 2.27 bits per heavy atom. The fourth-order valence-corrected chi connectivity index (χ4v) is 1.40. The second kappa shape index (κ2) is 3.20. The summed E-state index contributed by atoms with van der Waals surface area (Å²) in [6.07, 6.45) is 0. The molecule has 0 aliphatic heterocycles. The van der Waals surface area contributed by atoms with E-state index in [1.807, 2.05) is 0 Å². The number of hydrogen-bond acceptors (Lipinski definition) is 4. The Morgan fingerprint density at radius 1 is 1.53 bits per heavy atom. The van der Waals surface area contributed by atoms with Crippen molar-refractivity contribution in [3.63, 3.8) is 0 Å². The second-order valence-corrected chi connectivity index (χ2v) is 3.08. The quantitative estimate of drug-likeness (QED) is 0.726. The van der Waals surface area contributed by atoms with Crippen LogP contribution in [0.4, 0.5) is 0 Å². The lowest BCUT2D eigenvalue weighted by atomic mass is 10.1. The maximum atomic E-state index is 11.4. The normalized spacial score (nSPS) is 10.5. The number of fused-ring (bicyclic) bond motifs is 1. The molecule has 0 unspecified atom stereocenters. The van der Waals surface area contributed by atoms with Gasteiger partial charge < -0.3 is 10.3 Å². The second-order valence-electron chi connectivity index (χ2n) is 3.08. The van der Waals surface area contributed by atoms with Gasteiger partial charge in [0, 0.05) is 5.39 Å². The Balaban J connectivity index is 3.03. The molecule has 1 radical (unpaired) electrons. The number of carbonyl (C=O) groups excluding carboxylic acids is 1. The Labute approximate surface area is 84.5 Å². The first-order valence-corrected chi connectivity index (χ1v) is 4.21. The number of primary amides is 1. The minimum Gasteiger partial charge on any atom is -0.366 e. The highest BCUT2D eigenvalue weighted by atomic mass is 16.5. The monoisotopic (exact) mass is 203 g/mol. The van der Waals surface area contributed by atoms with Crippen LogP contribution in [0.1, 0.15) is 16.1 Å². The van der Waals surface area contributed by atoms with Crippen molar-refractivity contribution in [1.82, 2.24) is 5.16 Å². The Morgan fingerprint density at radius 3 is 2.93 bits per heavy atom. The van der Waals surface area contributed by atoms with Crippen LogP contribution < -0.4 is 11.4 Å². The summed E-state index contributed by atoms with van der Waals surface area (Å²) >= 11 is 0. The minimum atomic E-state index is -0.685. The predicted octanol–water partition coefficient (Wildman–Crippen LogP) is 0.396. The molecule has 2 rings (SSSR count). The predicted molar refractivity (Wildman–Crippen MR) is 52.4 cm³/mol. The van der Waals surface area contributed by atoms with Gasteiger partial charge in [-0.3, -0.25) is 4.79 Å². The summed E-state index contributed by atoms with van der Waals surface area (Å²) < 4.78 is 4.53. The Hall–Kier alpha value is -2.17. The number of benzene rings is 1. The Bertz CT molecular complexity index is 601. The van der Waals surface area contributed by atoms with Gasteiger partial charge in [-0.05, 0) is 25.1 Å². The molecule has 1 aromatic heterocycles. The average Bonchev–Trinajstić information content (AvgIpc) is 2.23. The van der Waals surface area contributed by atoms with Gasteiger partial charge in [-0.1, -0.05) is 5.16 Å². The molecule has 1 heterocycles. The van der Waals surface area contributed by atoms with Crippen LogP contribution >= 0.6 is 0 Å². The van der Waals surface area contributed by atoms with Crippen LogP contribution in [0.15, 0.2) is 21.5 Å². The first-order chi connectivity index (χ1) is 7.11. The van der Waals surface area contributed by atoms with Crippen LogP contribution in [0.25, 0.3) is 10.8 Å². The van der Waals surface area contributed by atoms with Gasteiger partial charge in [-0.15, -0.1) is 0 Å². The fraction of sp³-hybridized carbons (Fsp3) is 0.100. The summed E-state index contributed by atoms with van der Waals surface area (Å²) in [5.74, 6) is -0.685. The van der Waals surface area contributed by atoms with Crippen molar-refractivity contribution in [2.24, 2.45) is 5.73 Å². The summed E-state index contributed by atoms with van der Waals surface area (Å²) in [6, 6.07) is 5.66. The largest absolute Gasteiger partial charge is 0.367 e. The van der Waals surface area contributed by atoms with E-state index in [0.29, 0.717) is 11.1 Å². The van der Waals surface area contributed by atoms with Crippen molar-refractivity contribution in [3.05, 3.63) is 39.9 Å². The molecule has 1 aromatic carbocycles. The number of hydrogen-bond donors (Lipinski definition) is 1. The van der Waals surface area contributed by atoms with Crippen LogP contribution in [-0.2, 0) is 0 Å². The topological polar surface area (TPSA) is 86.2 Å². The average molecular weight is 203 g/mol. The minimum absolute atomic E-state index is 0.103. The Kier molecular flexibility index (Phi) is 2.00. The van der Waals surface area contributed by atoms with E-state index in [1.165, 1.54) is 6.07 Å². The maximum Gasteiger partial charge on any atom is 0.367 e. The molecule has 0 aliphatic carbocycles. The zero-order valence-electron chi connectivity index (χ0n) is 7.90. The van der Waals surface area contributed by atoms with Crippen molar-refractivity contribution in [1.29, 1.82) is 0 Å². The first-order valence-electron chi connectivity index (χ1n) is 4.21. The van der Waals surface area contributed by atoms with E-state index in [2.05, 4.69) is 15.7 Å². The smallest absolute Gasteiger partial charge is 0.366 e. The third-order valence-corrected chi connectivity index (χ3v) is 2.12. The highest BCUT2D eigenvalue weighted by molar-refractivity contribution is 6.06. The van der Waals surface area contributed by atoms with Crippen LogP contribution in [0.5, 0.6) is 0 Å². The molecule has 0 bridgehead atoms. The van der Waals surface area contributed by atoms with E-state index in [0.717, 1.165) is 0 Å². The molecule has 2 N–H and O–H groups in total. The van der Waals surface area contributed by atoms with Crippen molar-refractivity contribution in [2.45, 2.75) is 6.92 Å². The van der Waals surface area contributed by atoms with Gasteiger partial charge in [0.1, 0.15) is 0 Å². The van der Waals surface area contributed by atoms with Crippen molar-refractivity contribution in [3.8, 4) is 0 Å². The van der Waals surface area contributed by atoms with Gasteiger partial charge in [0.15, 0.2) is 0 Å². The molecular weight excluding hydrogens is 196 g/mol. The van der Waals surface area contributed by atoms with E-state index in [1.54, 1.807) is 13.0 Å². The summed E-state index contributed by atoms with van der Waals surface area (Å²) in [4.78, 5) is 22.5. The van der Waals surface area contributed by atoms with Crippen molar-refractivity contribution in [2.75, 3.05) is 0 Å². The number of carbonyl (C=O) groups is 1. The number of nitrogens with zero attached hydrogens (tertiary/aromatic N) is 1. The zero-order valence-corrected chi connectivity index (χ0v) is 7.90.